The second kappa shape index (κ2) is 8.26. The molecule has 0 bridgehead atoms. The van der Waals surface area contributed by atoms with Crippen LogP contribution in [0.5, 0.6) is 0 Å². The van der Waals surface area contributed by atoms with Crippen molar-refractivity contribution in [1.82, 2.24) is 0 Å². The smallest absolute Gasteiger partial charge is 0.293 e. The fraction of sp³-hybridized carbons (Fsp3) is 0.235. The van der Waals surface area contributed by atoms with Gasteiger partial charge in [-0.25, -0.2) is 0 Å². The van der Waals surface area contributed by atoms with Crippen molar-refractivity contribution in [3.63, 3.8) is 0 Å². The lowest BCUT2D eigenvalue weighted by Gasteiger charge is -2.29. The predicted molar refractivity (Wildman–Crippen MR) is 108 cm³/mol. The zero-order valence-corrected chi connectivity index (χ0v) is 16.9. The number of rotatable bonds is 4. The Labute approximate surface area is 169 Å². The van der Waals surface area contributed by atoms with Gasteiger partial charge in [-0.2, -0.15) is 13.7 Å². The SMILES string of the molecule is N#Cc1ccc(N2CCS(=NS(=O)(=O)c3ccc(Cl)cc3)CC2)c([N+](=O)[O-])c1. The average Bonchev–Trinajstić information content (AvgIpc) is 2.68. The summed E-state index contributed by atoms with van der Waals surface area (Å²) in [6.07, 6.45) is 0. The van der Waals surface area contributed by atoms with Crippen molar-refractivity contribution < 1.29 is 13.3 Å². The van der Waals surface area contributed by atoms with Gasteiger partial charge in [-0.15, -0.1) is 3.77 Å². The van der Waals surface area contributed by atoms with Crippen molar-refractivity contribution in [2.24, 2.45) is 3.77 Å². The molecular weight excluding hydrogens is 424 g/mol. The van der Waals surface area contributed by atoms with Crippen LogP contribution in [0.2, 0.25) is 5.02 Å². The summed E-state index contributed by atoms with van der Waals surface area (Å²) in [4.78, 5) is 12.7. The summed E-state index contributed by atoms with van der Waals surface area (Å²) in [6.45, 7) is 0.880. The summed E-state index contributed by atoms with van der Waals surface area (Å²) >= 11 is 5.79. The molecular formula is C17H15ClN4O4S2. The van der Waals surface area contributed by atoms with Gasteiger partial charge < -0.3 is 4.90 Å². The van der Waals surface area contributed by atoms with Crippen LogP contribution in [0, 0.1) is 21.4 Å². The van der Waals surface area contributed by atoms with Crippen molar-refractivity contribution in [3.8, 4) is 6.07 Å². The van der Waals surface area contributed by atoms with Gasteiger partial charge in [-0.05, 0) is 36.4 Å². The summed E-state index contributed by atoms with van der Waals surface area (Å²) < 4.78 is 28.9. The van der Waals surface area contributed by atoms with Gasteiger partial charge >= 0.3 is 0 Å². The Morgan fingerprint density at radius 1 is 1.18 bits per heavy atom. The monoisotopic (exact) mass is 438 g/mol. The van der Waals surface area contributed by atoms with Crippen LogP contribution >= 0.6 is 11.6 Å². The normalized spacial score (nSPS) is 15.1. The minimum absolute atomic E-state index is 0.0922. The summed E-state index contributed by atoms with van der Waals surface area (Å²) in [6, 6.07) is 12.1. The Bertz CT molecular complexity index is 1090. The standard InChI is InChI=1S/C17H15ClN4O4S2/c18-14-2-4-15(5-3-14)28(25,26)20-27-9-7-21(8-10-27)16-6-1-13(12-19)11-17(16)22(23)24/h1-6,11H,7-10H2. The van der Waals surface area contributed by atoms with Crippen LogP contribution in [0.25, 0.3) is 0 Å². The van der Waals surface area contributed by atoms with Crippen molar-refractivity contribution >= 4 is 43.7 Å². The molecule has 3 rings (SSSR count). The molecule has 2 aromatic carbocycles. The molecule has 0 amide bonds. The van der Waals surface area contributed by atoms with Gasteiger partial charge in [-0.1, -0.05) is 22.3 Å². The first-order chi connectivity index (χ1) is 13.3. The molecule has 0 aliphatic carbocycles. The van der Waals surface area contributed by atoms with Crippen molar-refractivity contribution in [1.29, 1.82) is 5.26 Å². The number of nitro benzene ring substituents is 1. The van der Waals surface area contributed by atoms with Gasteiger partial charge in [0.05, 0.1) is 21.5 Å². The zero-order chi connectivity index (χ0) is 20.3. The van der Waals surface area contributed by atoms with E-state index in [2.05, 4.69) is 3.77 Å². The Morgan fingerprint density at radius 3 is 2.39 bits per heavy atom. The van der Waals surface area contributed by atoms with Gasteiger partial charge in [-0.3, -0.25) is 10.1 Å². The van der Waals surface area contributed by atoms with E-state index >= 15 is 0 Å². The average molecular weight is 439 g/mol. The van der Waals surface area contributed by atoms with Gasteiger partial charge in [0.2, 0.25) is 0 Å². The van der Waals surface area contributed by atoms with Crippen LogP contribution in [0.4, 0.5) is 11.4 Å². The highest BCUT2D eigenvalue weighted by Gasteiger charge is 2.24. The summed E-state index contributed by atoms with van der Waals surface area (Å²) in [7, 11) is -4.47. The topological polar surface area (TPSA) is 117 Å². The Hall–Kier alpha value is -2.48. The van der Waals surface area contributed by atoms with E-state index in [0.717, 1.165) is 0 Å². The fourth-order valence-corrected chi connectivity index (χ4v) is 6.48. The van der Waals surface area contributed by atoms with Crippen LogP contribution in [0.15, 0.2) is 51.1 Å². The maximum absolute atomic E-state index is 12.4. The van der Waals surface area contributed by atoms with Crippen LogP contribution < -0.4 is 4.90 Å². The molecule has 0 radical (unpaired) electrons. The molecule has 28 heavy (non-hydrogen) atoms. The molecule has 0 atom stereocenters. The molecule has 0 spiro atoms. The molecule has 1 aliphatic rings. The fourth-order valence-electron chi connectivity index (χ4n) is 2.76. The van der Waals surface area contributed by atoms with E-state index in [4.69, 9.17) is 16.9 Å². The van der Waals surface area contributed by atoms with E-state index in [0.29, 0.717) is 35.3 Å². The van der Waals surface area contributed by atoms with Crippen molar-refractivity contribution in [2.45, 2.75) is 4.90 Å². The highest BCUT2D eigenvalue weighted by molar-refractivity contribution is 8.00. The first-order valence-electron chi connectivity index (χ1n) is 8.15. The summed E-state index contributed by atoms with van der Waals surface area (Å²) in [5, 5.41) is 20.7. The number of hydrogen-bond donors (Lipinski definition) is 0. The summed E-state index contributed by atoms with van der Waals surface area (Å²) in [5.41, 5.74) is 0.510. The van der Waals surface area contributed by atoms with E-state index in [-0.39, 0.29) is 16.1 Å². The first-order valence-corrected chi connectivity index (χ1v) is 11.5. The molecule has 0 saturated carbocycles. The van der Waals surface area contributed by atoms with Gasteiger partial charge in [0, 0.05) is 35.7 Å². The Morgan fingerprint density at radius 2 is 1.82 bits per heavy atom. The van der Waals surface area contributed by atoms with Crippen LogP contribution in [-0.4, -0.2) is 37.9 Å². The van der Waals surface area contributed by atoms with Crippen molar-refractivity contribution in [2.75, 3.05) is 29.5 Å². The van der Waals surface area contributed by atoms with Gasteiger partial charge in [0.25, 0.3) is 15.7 Å². The largest absolute Gasteiger partial charge is 0.364 e. The zero-order valence-electron chi connectivity index (χ0n) is 14.5. The van der Waals surface area contributed by atoms with Crippen LogP contribution in [-0.2, 0) is 20.7 Å². The van der Waals surface area contributed by atoms with E-state index in [1.165, 1.54) is 36.4 Å². The molecule has 8 nitrogen and oxygen atoms in total. The molecule has 1 fully saturated rings. The molecule has 1 aliphatic heterocycles. The first kappa shape index (κ1) is 20.3. The highest BCUT2D eigenvalue weighted by atomic mass is 35.5. The number of nitro groups is 1. The maximum Gasteiger partial charge on any atom is 0.293 e. The molecule has 11 heteroatoms. The Balaban J connectivity index is 1.78. The van der Waals surface area contributed by atoms with Gasteiger partial charge in [0.15, 0.2) is 0 Å². The lowest BCUT2D eigenvalue weighted by molar-refractivity contribution is -0.384. The number of sulfonamides is 1. The molecule has 1 heterocycles. The minimum atomic E-state index is -3.77. The Kier molecular flexibility index (Phi) is 5.98. The van der Waals surface area contributed by atoms with Crippen LogP contribution in [0.1, 0.15) is 5.56 Å². The predicted octanol–water partition coefficient (Wildman–Crippen LogP) is 3.13. The van der Waals surface area contributed by atoms with Gasteiger partial charge in [0.1, 0.15) is 5.69 Å². The minimum Gasteiger partial charge on any atom is -0.364 e. The number of halogens is 1. The molecule has 146 valence electrons. The third-order valence-electron chi connectivity index (χ3n) is 4.15. The lowest BCUT2D eigenvalue weighted by Crippen LogP contribution is -2.38. The maximum atomic E-state index is 12.4. The van der Waals surface area contributed by atoms with Crippen LogP contribution in [0.3, 0.4) is 0 Å². The van der Waals surface area contributed by atoms with E-state index in [9.17, 15) is 18.5 Å². The number of benzene rings is 2. The third kappa shape index (κ3) is 4.49. The van der Waals surface area contributed by atoms with E-state index in [1.54, 1.807) is 6.07 Å². The lowest BCUT2D eigenvalue weighted by atomic mass is 10.1. The van der Waals surface area contributed by atoms with Crippen molar-refractivity contribution in [3.05, 3.63) is 63.2 Å². The van der Waals surface area contributed by atoms with E-state index in [1.807, 2.05) is 11.0 Å². The third-order valence-corrected chi connectivity index (χ3v) is 8.21. The second-order valence-electron chi connectivity index (χ2n) is 5.93. The quantitative estimate of drug-likeness (QED) is 0.534. The second-order valence-corrected chi connectivity index (χ2v) is 10.1. The molecule has 1 saturated heterocycles. The van der Waals surface area contributed by atoms with E-state index < -0.39 is 25.6 Å². The number of nitriles is 1. The number of hydrogen-bond acceptors (Lipinski definition) is 6. The number of anilines is 1. The highest BCUT2D eigenvalue weighted by Crippen LogP contribution is 2.30. The molecule has 0 aromatic heterocycles. The number of nitrogens with zero attached hydrogens (tertiary/aromatic N) is 4. The summed E-state index contributed by atoms with van der Waals surface area (Å²) in [5.74, 6) is 0.952. The molecule has 0 N–H and O–H groups in total. The molecule has 2 aromatic rings. The molecule has 0 unspecified atom stereocenters.